The molecule has 0 N–H and O–H groups in total. The molecule has 126 valence electrons. The molecule has 0 amide bonds. The van der Waals surface area contributed by atoms with Gasteiger partial charge in [-0.05, 0) is 12.8 Å². The summed E-state index contributed by atoms with van der Waals surface area (Å²) in [6.45, 7) is 5.60. The minimum Gasteiger partial charge on any atom is -0.370 e. The van der Waals surface area contributed by atoms with Gasteiger partial charge in [-0.15, -0.1) is 0 Å². The lowest BCUT2D eigenvalue weighted by Gasteiger charge is -2.09. The normalized spacial score (nSPS) is 20.9. The Balaban J connectivity index is 1.71. The van der Waals surface area contributed by atoms with Crippen LogP contribution in [-0.4, -0.2) is 12.2 Å². The van der Waals surface area contributed by atoms with Crippen LogP contribution in [0.25, 0.3) is 0 Å². The molecule has 0 spiro atoms. The van der Waals surface area contributed by atoms with E-state index in [1.54, 1.807) is 0 Å². The minimum atomic E-state index is 0.340. The largest absolute Gasteiger partial charge is 0.370 e. The van der Waals surface area contributed by atoms with Crippen molar-refractivity contribution in [3.8, 4) is 0 Å². The molecule has 1 aliphatic rings. The van der Waals surface area contributed by atoms with E-state index in [1.807, 2.05) is 0 Å². The summed E-state index contributed by atoms with van der Waals surface area (Å²) in [6.07, 6.45) is 22.7. The van der Waals surface area contributed by atoms with Crippen LogP contribution in [-0.2, 0) is 4.74 Å². The SMILES string of the molecule is CCCCCCCCCCCCCCCC1(CCC)CO1. The van der Waals surface area contributed by atoms with Gasteiger partial charge in [0.05, 0.1) is 12.2 Å². The highest BCUT2D eigenvalue weighted by Crippen LogP contribution is 2.37. The Hall–Kier alpha value is -0.0400. The van der Waals surface area contributed by atoms with E-state index in [0.29, 0.717) is 5.60 Å². The van der Waals surface area contributed by atoms with Gasteiger partial charge in [-0.2, -0.15) is 0 Å². The summed E-state index contributed by atoms with van der Waals surface area (Å²) in [7, 11) is 0. The Morgan fingerprint density at radius 3 is 1.38 bits per heavy atom. The first-order valence-electron chi connectivity index (χ1n) is 9.97. The highest BCUT2D eigenvalue weighted by atomic mass is 16.6. The maximum Gasteiger partial charge on any atom is 0.0916 e. The van der Waals surface area contributed by atoms with Crippen molar-refractivity contribution in [2.75, 3.05) is 6.61 Å². The fourth-order valence-corrected chi connectivity index (χ4v) is 3.44. The third-order valence-electron chi connectivity index (χ3n) is 4.99. The molecule has 1 heteroatoms. The van der Waals surface area contributed by atoms with Crippen molar-refractivity contribution in [1.29, 1.82) is 0 Å². The molecule has 1 fully saturated rings. The van der Waals surface area contributed by atoms with Crippen molar-refractivity contribution in [3.63, 3.8) is 0 Å². The quantitative estimate of drug-likeness (QED) is 0.220. The van der Waals surface area contributed by atoms with Crippen molar-refractivity contribution >= 4 is 0 Å². The van der Waals surface area contributed by atoms with Gasteiger partial charge in [0, 0.05) is 0 Å². The Morgan fingerprint density at radius 1 is 0.571 bits per heavy atom. The zero-order valence-corrected chi connectivity index (χ0v) is 14.9. The van der Waals surface area contributed by atoms with Gasteiger partial charge in [0.25, 0.3) is 0 Å². The first-order valence-corrected chi connectivity index (χ1v) is 9.97. The van der Waals surface area contributed by atoms with Gasteiger partial charge >= 0.3 is 0 Å². The highest BCUT2D eigenvalue weighted by Gasteiger charge is 2.42. The topological polar surface area (TPSA) is 12.5 Å². The first kappa shape index (κ1) is 19.0. The zero-order chi connectivity index (χ0) is 15.2. The second-order valence-corrected chi connectivity index (χ2v) is 7.21. The van der Waals surface area contributed by atoms with E-state index in [-0.39, 0.29) is 0 Å². The van der Waals surface area contributed by atoms with Crippen LogP contribution in [0, 0.1) is 0 Å². The third-order valence-corrected chi connectivity index (χ3v) is 4.99. The molecule has 0 aromatic heterocycles. The molecule has 1 saturated heterocycles. The van der Waals surface area contributed by atoms with Crippen LogP contribution in [0.15, 0.2) is 0 Å². The van der Waals surface area contributed by atoms with Crippen LogP contribution in [0.3, 0.4) is 0 Å². The number of epoxide rings is 1. The van der Waals surface area contributed by atoms with E-state index >= 15 is 0 Å². The van der Waals surface area contributed by atoms with Gasteiger partial charge in [0.1, 0.15) is 0 Å². The molecular weight excluding hydrogens is 256 g/mol. The summed E-state index contributed by atoms with van der Waals surface area (Å²) in [6, 6.07) is 0. The van der Waals surface area contributed by atoms with Crippen LogP contribution < -0.4 is 0 Å². The first-order chi connectivity index (χ1) is 10.3. The summed E-state index contributed by atoms with van der Waals surface area (Å²) in [4.78, 5) is 0. The predicted octanol–water partition coefficient (Wildman–Crippen LogP) is 7.04. The monoisotopic (exact) mass is 296 g/mol. The molecule has 1 unspecified atom stereocenters. The maximum absolute atomic E-state index is 5.64. The molecule has 21 heavy (non-hydrogen) atoms. The van der Waals surface area contributed by atoms with Gasteiger partial charge in [0.15, 0.2) is 0 Å². The lowest BCUT2D eigenvalue weighted by atomic mass is 9.96. The zero-order valence-electron chi connectivity index (χ0n) is 14.9. The molecule has 1 rings (SSSR count). The Kier molecular flexibility index (Phi) is 11.3. The predicted molar refractivity (Wildman–Crippen MR) is 93.9 cm³/mol. The van der Waals surface area contributed by atoms with Gasteiger partial charge in [-0.1, -0.05) is 104 Å². The summed E-state index contributed by atoms with van der Waals surface area (Å²) >= 11 is 0. The van der Waals surface area contributed by atoms with Crippen LogP contribution in [0.5, 0.6) is 0 Å². The lowest BCUT2D eigenvalue weighted by molar-refractivity contribution is 0.265. The summed E-state index contributed by atoms with van der Waals surface area (Å²) in [5.41, 5.74) is 0.340. The molecule has 0 aliphatic carbocycles. The number of rotatable bonds is 16. The molecule has 1 atom stereocenters. The van der Waals surface area contributed by atoms with Crippen molar-refractivity contribution in [1.82, 2.24) is 0 Å². The summed E-state index contributed by atoms with van der Waals surface area (Å²) in [5.74, 6) is 0. The molecule has 0 bridgehead atoms. The standard InChI is InChI=1S/C20H40O/c1-3-5-6-7-8-9-10-11-12-13-14-15-16-18-20(17-4-2)19-21-20/h3-19H2,1-2H3. The van der Waals surface area contributed by atoms with Crippen molar-refractivity contribution in [2.24, 2.45) is 0 Å². The number of ether oxygens (including phenoxy) is 1. The second kappa shape index (κ2) is 12.5. The average Bonchev–Trinajstić information content (AvgIpc) is 3.24. The van der Waals surface area contributed by atoms with Crippen LogP contribution in [0.2, 0.25) is 0 Å². The van der Waals surface area contributed by atoms with Crippen LogP contribution in [0.1, 0.15) is 117 Å². The smallest absolute Gasteiger partial charge is 0.0916 e. The van der Waals surface area contributed by atoms with E-state index in [1.165, 1.54) is 103 Å². The molecule has 1 nitrogen and oxygen atoms in total. The van der Waals surface area contributed by atoms with Crippen LogP contribution in [0.4, 0.5) is 0 Å². The molecule has 0 radical (unpaired) electrons. The molecule has 1 heterocycles. The minimum absolute atomic E-state index is 0.340. The molecular formula is C20H40O. The van der Waals surface area contributed by atoms with Gasteiger partial charge in [-0.3, -0.25) is 0 Å². The van der Waals surface area contributed by atoms with E-state index < -0.39 is 0 Å². The van der Waals surface area contributed by atoms with Crippen molar-refractivity contribution in [2.45, 2.75) is 122 Å². The highest BCUT2D eigenvalue weighted by molar-refractivity contribution is 4.91. The Labute approximate surface area is 134 Å². The molecule has 0 aromatic carbocycles. The molecule has 0 aromatic rings. The van der Waals surface area contributed by atoms with E-state index in [4.69, 9.17) is 4.74 Å². The van der Waals surface area contributed by atoms with Gasteiger partial charge in [-0.25, -0.2) is 0 Å². The molecule has 0 saturated carbocycles. The lowest BCUT2D eigenvalue weighted by Crippen LogP contribution is -2.09. The van der Waals surface area contributed by atoms with Gasteiger partial charge < -0.3 is 4.74 Å². The fraction of sp³-hybridized carbons (Fsp3) is 1.00. The van der Waals surface area contributed by atoms with Crippen LogP contribution >= 0.6 is 0 Å². The summed E-state index contributed by atoms with van der Waals surface area (Å²) in [5, 5.41) is 0. The van der Waals surface area contributed by atoms with E-state index in [0.717, 1.165) is 6.61 Å². The Morgan fingerprint density at radius 2 is 1.00 bits per heavy atom. The molecule has 1 aliphatic heterocycles. The number of unbranched alkanes of at least 4 members (excludes halogenated alkanes) is 12. The number of hydrogen-bond donors (Lipinski definition) is 0. The Bertz CT molecular complexity index is 220. The third kappa shape index (κ3) is 10.3. The van der Waals surface area contributed by atoms with E-state index in [9.17, 15) is 0 Å². The van der Waals surface area contributed by atoms with Crippen molar-refractivity contribution < 1.29 is 4.74 Å². The van der Waals surface area contributed by atoms with Gasteiger partial charge in [0.2, 0.25) is 0 Å². The fourth-order valence-electron chi connectivity index (χ4n) is 3.44. The van der Waals surface area contributed by atoms with E-state index in [2.05, 4.69) is 13.8 Å². The number of hydrogen-bond acceptors (Lipinski definition) is 1. The summed E-state index contributed by atoms with van der Waals surface area (Å²) < 4.78 is 5.64. The average molecular weight is 297 g/mol. The second-order valence-electron chi connectivity index (χ2n) is 7.21. The van der Waals surface area contributed by atoms with Crippen molar-refractivity contribution in [3.05, 3.63) is 0 Å². The maximum atomic E-state index is 5.64.